The molecule has 44 heavy (non-hydrogen) atoms. The van der Waals surface area contributed by atoms with Crippen molar-refractivity contribution >= 4 is 24.2 Å². The van der Waals surface area contributed by atoms with E-state index >= 15 is 0 Å². The minimum Gasteiger partial charge on any atom is -0.497 e. The summed E-state index contributed by atoms with van der Waals surface area (Å²) in [4.78, 5) is 40.1. The highest BCUT2D eigenvalue weighted by Gasteiger charge is 2.31. The van der Waals surface area contributed by atoms with Gasteiger partial charge in [-0.15, -0.1) is 0 Å². The van der Waals surface area contributed by atoms with E-state index in [9.17, 15) is 14.4 Å². The normalized spacial score (nSPS) is 24.4. The van der Waals surface area contributed by atoms with E-state index in [-0.39, 0.29) is 32.0 Å². The van der Waals surface area contributed by atoms with E-state index in [1.807, 2.05) is 19.1 Å². The van der Waals surface area contributed by atoms with Gasteiger partial charge in [0.05, 0.1) is 19.3 Å². The smallest absolute Gasteiger partial charge is 0.407 e. The van der Waals surface area contributed by atoms with Gasteiger partial charge in [-0.05, 0) is 42.8 Å². The maximum absolute atomic E-state index is 12.0. The van der Waals surface area contributed by atoms with Crippen LogP contribution in [0.4, 0.5) is 4.79 Å². The first-order valence-corrected chi connectivity index (χ1v) is 14.6. The third-order valence-electron chi connectivity index (χ3n) is 6.43. The highest BCUT2D eigenvalue weighted by molar-refractivity contribution is 5.67. The summed E-state index contributed by atoms with van der Waals surface area (Å²) in [6.07, 6.45) is 7.02. The standard InChI is InChI=1S/C31H42N2O11/c1-5-16-32-31(36)39-20-30-28(42-24-8-6-23(37-4)7-9-24)13-11-26(44-30)15-18-40-33-17-14-25-10-12-27(41-22(3)35)29(43-25)19-38-21(2)34/h6-13,17,25-30H,5,14-16,18-20H2,1-4H3,(H,32,36)/b33-17+/t25-,26-,27-,28-,29+,30+/m0/s1. The summed E-state index contributed by atoms with van der Waals surface area (Å²) in [5.74, 6) is 0.418. The fourth-order valence-corrected chi connectivity index (χ4v) is 4.27. The Balaban J connectivity index is 1.48. The molecule has 0 fully saturated rings. The second-order valence-corrected chi connectivity index (χ2v) is 10.0. The Labute approximate surface area is 257 Å². The van der Waals surface area contributed by atoms with E-state index < -0.39 is 42.4 Å². The number of amides is 1. The van der Waals surface area contributed by atoms with Gasteiger partial charge in [0.15, 0.2) is 0 Å². The first kappa shape index (κ1) is 34.4. The molecule has 3 rings (SSSR count). The van der Waals surface area contributed by atoms with E-state index in [2.05, 4.69) is 10.5 Å². The Bertz CT molecular complexity index is 1140. The number of alkyl carbamates (subject to hydrolysis) is 1. The number of nitrogens with zero attached hydrogens (tertiary/aromatic N) is 1. The predicted molar refractivity (Wildman–Crippen MR) is 159 cm³/mol. The van der Waals surface area contributed by atoms with Gasteiger partial charge in [-0.3, -0.25) is 9.59 Å². The van der Waals surface area contributed by atoms with Crippen molar-refractivity contribution in [3.63, 3.8) is 0 Å². The highest BCUT2D eigenvalue weighted by Crippen LogP contribution is 2.24. The van der Waals surface area contributed by atoms with Crippen molar-refractivity contribution in [2.75, 3.05) is 33.5 Å². The van der Waals surface area contributed by atoms with Crippen LogP contribution in [0.25, 0.3) is 0 Å². The van der Waals surface area contributed by atoms with Crippen molar-refractivity contribution < 1.29 is 52.4 Å². The van der Waals surface area contributed by atoms with Crippen molar-refractivity contribution in [3.05, 3.63) is 48.6 Å². The SMILES string of the molecule is CCCNC(=O)OC[C@H]1O[C@H](CCO/N=C/C[C@@H]2C=C[C@H](OC(C)=O)[C@@H](COC(C)=O)O2)C=C[C@@H]1Oc1ccc(OC)cc1. The number of ether oxygens (including phenoxy) is 7. The number of methoxy groups -OCH3 is 1. The highest BCUT2D eigenvalue weighted by atomic mass is 16.6. The maximum Gasteiger partial charge on any atom is 0.407 e. The zero-order chi connectivity index (χ0) is 31.7. The molecule has 6 atom stereocenters. The van der Waals surface area contributed by atoms with Crippen LogP contribution in [0.15, 0.2) is 53.7 Å². The van der Waals surface area contributed by atoms with Crippen LogP contribution in [0.5, 0.6) is 11.5 Å². The minimum atomic E-state index is -0.652. The molecule has 2 heterocycles. The van der Waals surface area contributed by atoms with Crippen molar-refractivity contribution in [2.45, 2.75) is 76.7 Å². The average molecular weight is 619 g/mol. The molecule has 2 aliphatic heterocycles. The summed E-state index contributed by atoms with van der Waals surface area (Å²) in [7, 11) is 1.59. The topological polar surface area (TPSA) is 149 Å². The van der Waals surface area contributed by atoms with E-state index in [1.165, 1.54) is 13.8 Å². The van der Waals surface area contributed by atoms with E-state index in [0.717, 1.165) is 6.42 Å². The van der Waals surface area contributed by atoms with Crippen LogP contribution >= 0.6 is 0 Å². The second kappa shape index (κ2) is 18.5. The third-order valence-corrected chi connectivity index (χ3v) is 6.43. The summed E-state index contributed by atoms with van der Waals surface area (Å²) in [5.41, 5.74) is 0. The van der Waals surface area contributed by atoms with Gasteiger partial charge in [0.1, 0.15) is 55.7 Å². The molecule has 0 spiro atoms. The van der Waals surface area contributed by atoms with Gasteiger partial charge >= 0.3 is 18.0 Å². The van der Waals surface area contributed by atoms with E-state index in [4.69, 9.17) is 38.0 Å². The number of esters is 2. The van der Waals surface area contributed by atoms with Crippen molar-refractivity contribution in [1.82, 2.24) is 5.32 Å². The monoisotopic (exact) mass is 618 g/mol. The molecule has 0 unspecified atom stereocenters. The van der Waals surface area contributed by atoms with Gasteiger partial charge in [-0.25, -0.2) is 4.79 Å². The summed E-state index contributed by atoms with van der Waals surface area (Å²) in [6, 6.07) is 7.18. The molecule has 242 valence electrons. The zero-order valence-corrected chi connectivity index (χ0v) is 25.5. The molecule has 1 N–H and O–H groups in total. The molecular formula is C31H42N2O11. The summed E-state index contributed by atoms with van der Waals surface area (Å²) >= 11 is 0. The van der Waals surface area contributed by atoms with Crippen LogP contribution in [-0.4, -0.2) is 94.3 Å². The average Bonchev–Trinajstić information content (AvgIpc) is 3.01. The summed E-state index contributed by atoms with van der Waals surface area (Å²) in [5, 5.41) is 6.69. The lowest BCUT2D eigenvalue weighted by Crippen LogP contribution is -2.43. The molecule has 0 bridgehead atoms. The molecule has 13 heteroatoms. The maximum atomic E-state index is 12.0. The number of carbonyl (C=O) groups excluding carboxylic acids is 3. The molecule has 1 aromatic carbocycles. The number of hydrogen-bond donors (Lipinski definition) is 1. The van der Waals surface area contributed by atoms with Crippen LogP contribution in [-0.2, 0) is 38.1 Å². The van der Waals surface area contributed by atoms with Crippen LogP contribution in [0.3, 0.4) is 0 Å². The van der Waals surface area contributed by atoms with Gasteiger partial charge in [0.2, 0.25) is 0 Å². The van der Waals surface area contributed by atoms with Gasteiger partial charge in [-0.1, -0.05) is 24.2 Å². The molecule has 0 aromatic heterocycles. The molecule has 1 aromatic rings. The lowest BCUT2D eigenvalue weighted by molar-refractivity contribution is -0.163. The van der Waals surface area contributed by atoms with Crippen molar-refractivity contribution in [2.24, 2.45) is 5.16 Å². The number of hydrogen-bond acceptors (Lipinski definition) is 12. The Morgan fingerprint density at radius 3 is 2.25 bits per heavy atom. The van der Waals surface area contributed by atoms with Gasteiger partial charge < -0.3 is 43.3 Å². The molecule has 0 saturated carbocycles. The van der Waals surface area contributed by atoms with Crippen molar-refractivity contribution in [1.29, 1.82) is 0 Å². The largest absolute Gasteiger partial charge is 0.497 e. The Kier molecular flexibility index (Phi) is 14.5. The first-order chi connectivity index (χ1) is 21.3. The van der Waals surface area contributed by atoms with Crippen molar-refractivity contribution in [3.8, 4) is 11.5 Å². The lowest BCUT2D eigenvalue weighted by Gasteiger charge is -2.32. The van der Waals surface area contributed by atoms with E-state index in [1.54, 1.807) is 49.7 Å². The molecule has 2 aliphatic rings. The van der Waals surface area contributed by atoms with Crippen LogP contribution in [0, 0.1) is 0 Å². The Morgan fingerprint density at radius 1 is 0.886 bits per heavy atom. The lowest BCUT2D eigenvalue weighted by atomic mass is 10.1. The number of nitrogens with one attached hydrogen (secondary N) is 1. The Hall–Kier alpha value is -4.10. The third kappa shape index (κ3) is 12.3. The van der Waals surface area contributed by atoms with E-state index in [0.29, 0.717) is 30.9 Å². The van der Waals surface area contributed by atoms with Crippen LogP contribution in [0.1, 0.15) is 40.0 Å². The summed E-state index contributed by atoms with van der Waals surface area (Å²) < 4.78 is 39.1. The van der Waals surface area contributed by atoms with Gasteiger partial charge in [-0.2, -0.15) is 0 Å². The molecule has 0 aliphatic carbocycles. The number of rotatable bonds is 16. The minimum absolute atomic E-state index is 0.00187. The molecule has 13 nitrogen and oxygen atoms in total. The van der Waals surface area contributed by atoms with Gasteiger partial charge in [0, 0.05) is 39.4 Å². The number of benzene rings is 1. The number of oxime groups is 1. The fraction of sp³-hybridized carbons (Fsp3) is 0.548. The first-order valence-electron chi connectivity index (χ1n) is 14.6. The molecule has 1 amide bonds. The van der Waals surface area contributed by atoms with Gasteiger partial charge in [0.25, 0.3) is 0 Å². The predicted octanol–water partition coefficient (Wildman–Crippen LogP) is 3.50. The molecular weight excluding hydrogens is 576 g/mol. The van der Waals surface area contributed by atoms with Crippen LogP contribution in [0.2, 0.25) is 0 Å². The molecule has 0 radical (unpaired) electrons. The Morgan fingerprint density at radius 2 is 1.55 bits per heavy atom. The number of carbonyl (C=O) groups is 3. The quantitative estimate of drug-likeness (QED) is 0.0724. The fourth-order valence-electron chi connectivity index (χ4n) is 4.27. The van der Waals surface area contributed by atoms with Crippen LogP contribution < -0.4 is 14.8 Å². The zero-order valence-electron chi connectivity index (χ0n) is 25.5. The second-order valence-electron chi connectivity index (χ2n) is 10.0. The molecule has 0 saturated heterocycles. The summed E-state index contributed by atoms with van der Waals surface area (Å²) in [6.45, 7) is 5.30.